The van der Waals surface area contributed by atoms with Crippen LogP contribution in [0.5, 0.6) is 0 Å². The molecule has 0 aromatic heterocycles. The number of imide groups is 1. The van der Waals surface area contributed by atoms with Gasteiger partial charge in [0.05, 0.1) is 11.3 Å². The lowest BCUT2D eigenvalue weighted by Gasteiger charge is -2.36. The molecule has 2 amide bonds. The summed E-state index contributed by atoms with van der Waals surface area (Å²) in [6.45, 7) is 3.53. The molecule has 1 aliphatic heterocycles. The number of hydrogen-bond donors (Lipinski definition) is 0. The largest absolute Gasteiger partial charge is 0.391 e. The second kappa shape index (κ2) is 4.65. The summed E-state index contributed by atoms with van der Waals surface area (Å²) < 4.78 is 38.5. The van der Waals surface area contributed by atoms with Crippen LogP contribution in [0.1, 0.15) is 32.1 Å². The quantitative estimate of drug-likeness (QED) is 0.574. The molecule has 0 radical (unpaired) electrons. The molecular formula is C13H16F3NO2. The molecule has 106 valence electrons. The SMILES string of the molecule is C=CCN1C(=O)C[C@]2(CCC[C@@H](C(F)(F)F)C2)C1=O. The van der Waals surface area contributed by atoms with Crippen LogP contribution in [0.15, 0.2) is 12.7 Å². The minimum atomic E-state index is -4.29. The summed E-state index contributed by atoms with van der Waals surface area (Å²) in [7, 11) is 0. The fourth-order valence-electron chi connectivity index (χ4n) is 3.17. The van der Waals surface area contributed by atoms with Crippen molar-refractivity contribution in [2.24, 2.45) is 11.3 Å². The fourth-order valence-corrected chi connectivity index (χ4v) is 3.17. The standard InChI is InChI=1S/C13H16F3NO2/c1-2-6-17-10(18)8-12(11(17)19)5-3-4-9(7-12)13(14,15)16/h2,9H,1,3-8H2/t9-,12-/m1/s1. The van der Waals surface area contributed by atoms with E-state index < -0.39 is 23.4 Å². The molecule has 3 nitrogen and oxygen atoms in total. The molecule has 0 N–H and O–H groups in total. The molecule has 2 fully saturated rings. The van der Waals surface area contributed by atoms with Crippen LogP contribution in [0.25, 0.3) is 0 Å². The zero-order valence-electron chi connectivity index (χ0n) is 10.5. The maximum absolute atomic E-state index is 12.8. The summed E-state index contributed by atoms with van der Waals surface area (Å²) in [6.07, 6.45) is -2.46. The highest BCUT2D eigenvalue weighted by Crippen LogP contribution is 2.51. The highest BCUT2D eigenvalue weighted by atomic mass is 19.4. The summed E-state index contributed by atoms with van der Waals surface area (Å²) in [5.41, 5.74) is -1.13. The molecule has 2 rings (SSSR count). The van der Waals surface area contributed by atoms with E-state index in [1.54, 1.807) is 0 Å². The topological polar surface area (TPSA) is 37.4 Å². The molecule has 0 unspecified atom stereocenters. The number of alkyl halides is 3. The second-order valence-electron chi connectivity index (χ2n) is 5.39. The zero-order valence-corrected chi connectivity index (χ0v) is 10.5. The predicted molar refractivity (Wildman–Crippen MR) is 62.0 cm³/mol. The number of halogens is 3. The molecule has 1 aliphatic carbocycles. The van der Waals surface area contributed by atoms with Gasteiger partial charge in [-0.2, -0.15) is 13.2 Å². The van der Waals surface area contributed by atoms with Gasteiger partial charge in [-0.15, -0.1) is 6.58 Å². The molecule has 1 spiro atoms. The number of carbonyl (C=O) groups is 2. The van der Waals surface area contributed by atoms with Crippen LogP contribution in [0.2, 0.25) is 0 Å². The van der Waals surface area contributed by atoms with Crippen LogP contribution >= 0.6 is 0 Å². The van der Waals surface area contributed by atoms with E-state index in [4.69, 9.17) is 0 Å². The Kier molecular flexibility index (Phi) is 3.45. The maximum atomic E-state index is 12.8. The predicted octanol–water partition coefficient (Wildman–Crippen LogP) is 2.67. The fraction of sp³-hybridized carbons (Fsp3) is 0.692. The van der Waals surface area contributed by atoms with Crippen molar-refractivity contribution >= 4 is 11.8 Å². The number of rotatable bonds is 2. The number of carbonyl (C=O) groups excluding carboxylic acids is 2. The van der Waals surface area contributed by atoms with Gasteiger partial charge in [0.2, 0.25) is 11.8 Å². The van der Waals surface area contributed by atoms with E-state index in [9.17, 15) is 22.8 Å². The van der Waals surface area contributed by atoms with Gasteiger partial charge in [-0.25, -0.2) is 0 Å². The van der Waals surface area contributed by atoms with Crippen LogP contribution in [-0.2, 0) is 9.59 Å². The smallest absolute Gasteiger partial charge is 0.278 e. The third-order valence-corrected chi connectivity index (χ3v) is 4.11. The Balaban J connectivity index is 2.22. The highest BCUT2D eigenvalue weighted by molar-refractivity contribution is 6.06. The number of amides is 2. The Morgan fingerprint density at radius 2 is 2.11 bits per heavy atom. The Hall–Kier alpha value is -1.33. The molecule has 0 bridgehead atoms. The number of hydrogen-bond acceptors (Lipinski definition) is 2. The molecule has 0 aromatic carbocycles. The molecular weight excluding hydrogens is 259 g/mol. The van der Waals surface area contributed by atoms with Crippen molar-refractivity contribution in [3.63, 3.8) is 0 Å². The van der Waals surface area contributed by atoms with Gasteiger partial charge in [0.15, 0.2) is 0 Å². The molecule has 6 heteroatoms. The lowest BCUT2D eigenvalue weighted by Crippen LogP contribution is -2.41. The molecule has 0 aromatic rings. The van der Waals surface area contributed by atoms with Crippen molar-refractivity contribution in [1.29, 1.82) is 0 Å². The zero-order chi connectivity index (χ0) is 14.3. The van der Waals surface area contributed by atoms with Gasteiger partial charge in [-0.05, 0) is 19.3 Å². The van der Waals surface area contributed by atoms with Crippen molar-refractivity contribution in [3.8, 4) is 0 Å². The van der Waals surface area contributed by atoms with Crippen molar-refractivity contribution in [2.75, 3.05) is 6.54 Å². The molecule has 1 heterocycles. The van der Waals surface area contributed by atoms with E-state index >= 15 is 0 Å². The van der Waals surface area contributed by atoms with Crippen LogP contribution in [0.3, 0.4) is 0 Å². The maximum Gasteiger partial charge on any atom is 0.391 e. The van der Waals surface area contributed by atoms with Crippen LogP contribution in [0, 0.1) is 11.3 Å². The third-order valence-electron chi connectivity index (χ3n) is 4.11. The number of nitrogens with zero attached hydrogens (tertiary/aromatic N) is 1. The van der Waals surface area contributed by atoms with E-state index in [1.165, 1.54) is 6.08 Å². The minimum absolute atomic E-state index is 0.0498. The van der Waals surface area contributed by atoms with Crippen LogP contribution in [0.4, 0.5) is 13.2 Å². The molecule has 2 aliphatic rings. The van der Waals surface area contributed by atoms with Gasteiger partial charge in [-0.1, -0.05) is 12.5 Å². The summed E-state index contributed by atoms with van der Waals surface area (Å²) >= 11 is 0. The Morgan fingerprint density at radius 3 is 2.68 bits per heavy atom. The van der Waals surface area contributed by atoms with Gasteiger partial charge < -0.3 is 0 Å². The van der Waals surface area contributed by atoms with Gasteiger partial charge in [0.25, 0.3) is 0 Å². The van der Waals surface area contributed by atoms with Crippen molar-refractivity contribution in [3.05, 3.63) is 12.7 Å². The van der Waals surface area contributed by atoms with E-state index in [0.29, 0.717) is 12.8 Å². The van der Waals surface area contributed by atoms with E-state index in [1.807, 2.05) is 0 Å². The Labute approximate surface area is 109 Å². The first kappa shape index (κ1) is 14.1. The van der Waals surface area contributed by atoms with Gasteiger partial charge in [0, 0.05) is 13.0 Å². The lowest BCUT2D eigenvalue weighted by atomic mass is 9.68. The second-order valence-corrected chi connectivity index (χ2v) is 5.39. The van der Waals surface area contributed by atoms with E-state index in [0.717, 1.165) is 4.90 Å². The van der Waals surface area contributed by atoms with E-state index in [2.05, 4.69) is 6.58 Å². The molecule has 1 saturated carbocycles. The summed E-state index contributed by atoms with van der Waals surface area (Å²) in [6, 6.07) is 0. The first-order valence-electron chi connectivity index (χ1n) is 6.32. The lowest BCUT2D eigenvalue weighted by molar-refractivity contribution is -0.192. The minimum Gasteiger partial charge on any atom is -0.278 e. The monoisotopic (exact) mass is 275 g/mol. The van der Waals surface area contributed by atoms with Crippen LogP contribution < -0.4 is 0 Å². The molecule has 2 atom stereocenters. The normalized spacial score (nSPS) is 32.2. The first-order chi connectivity index (χ1) is 8.80. The Morgan fingerprint density at radius 1 is 1.42 bits per heavy atom. The summed E-state index contributed by atoms with van der Waals surface area (Å²) in [4.78, 5) is 25.1. The van der Waals surface area contributed by atoms with Crippen molar-refractivity contribution < 1.29 is 22.8 Å². The number of likely N-dealkylation sites (tertiary alicyclic amines) is 1. The van der Waals surface area contributed by atoms with Crippen molar-refractivity contribution in [1.82, 2.24) is 4.90 Å². The average molecular weight is 275 g/mol. The molecule has 1 saturated heterocycles. The molecule has 19 heavy (non-hydrogen) atoms. The van der Waals surface area contributed by atoms with Gasteiger partial charge in [-0.3, -0.25) is 14.5 Å². The average Bonchev–Trinajstić information content (AvgIpc) is 2.53. The van der Waals surface area contributed by atoms with Crippen LogP contribution in [-0.4, -0.2) is 29.4 Å². The summed E-state index contributed by atoms with van der Waals surface area (Å²) in [5, 5.41) is 0. The van der Waals surface area contributed by atoms with Crippen molar-refractivity contribution in [2.45, 2.75) is 38.3 Å². The van der Waals surface area contributed by atoms with E-state index in [-0.39, 0.29) is 31.7 Å². The first-order valence-corrected chi connectivity index (χ1v) is 6.32. The Bertz CT molecular complexity index is 419. The van der Waals surface area contributed by atoms with Gasteiger partial charge in [0.1, 0.15) is 0 Å². The third kappa shape index (κ3) is 2.40. The van der Waals surface area contributed by atoms with Gasteiger partial charge >= 0.3 is 6.18 Å². The summed E-state index contributed by atoms with van der Waals surface area (Å²) in [5.74, 6) is -2.30. The highest BCUT2D eigenvalue weighted by Gasteiger charge is 2.56.